The summed E-state index contributed by atoms with van der Waals surface area (Å²) in [7, 11) is 0. The van der Waals surface area contributed by atoms with E-state index in [0.717, 1.165) is 11.1 Å². The van der Waals surface area contributed by atoms with Gasteiger partial charge in [0, 0.05) is 0 Å². The zero-order valence-electron chi connectivity index (χ0n) is 13.2. The summed E-state index contributed by atoms with van der Waals surface area (Å²) in [5.74, 6) is -0.158. The molecule has 1 fully saturated rings. The van der Waals surface area contributed by atoms with Crippen molar-refractivity contribution in [2.45, 2.75) is 6.92 Å². The Balaban J connectivity index is 1.88. The van der Waals surface area contributed by atoms with Crippen LogP contribution in [0.1, 0.15) is 12.5 Å². The summed E-state index contributed by atoms with van der Waals surface area (Å²) in [6.07, 6.45) is 3.87. The number of hydrogen-bond donors (Lipinski definition) is 0. The molecule has 1 amide bonds. The molecule has 0 atom stereocenters. The lowest BCUT2D eigenvalue weighted by molar-refractivity contribution is -0.113. The Morgan fingerprint density at radius 2 is 1.84 bits per heavy atom. The first-order valence-electron chi connectivity index (χ1n) is 7.42. The molecule has 0 aliphatic carbocycles. The molecule has 2 nitrogen and oxygen atoms in total. The van der Waals surface area contributed by atoms with E-state index in [2.05, 4.69) is 0 Å². The smallest absolute Gasteiger partial charge is 0.268 e. The fourth-order valence-electron chi connectivity index (χ4n) is 2.38. The van der Waals surface area contributed by atoms with Crippen LogP contribution in [0.15, 0.2) is 65.1 Å². The molecule has 3 rings (SSSR count). The summed E-state index contributed by atoms with van der Waals surface area (Å²) in [6, 6.07) is 15.0. The van der Waals surface area contributed by atoms with Crippen LogP contribution >= 0.6 is 47.2 Å². The van der Waals surface area contributed by atoms with Gasteiger partial charge in [-0.15, -0.1) is 0 Å². The molecule has 1 saturated heterocycles. The average molecular weight is 406 g/mol. The quantitative estimate of drug-likeness (QED) is 0.438. The van der Waals surface area contributed by atoms with Gasteiger partial charge in [-0.1, -0.05) is 83.6 Å². The van der Waals surface area contributed by atoms with Gasteiger partial charge < -0.3 is 0 Å². The van der Waals surface area contributed by atoms with Crippen LogP contribution in [0.5, 0.6) is 0 Å². The molecule has 2 aromatic rings. The SMILES string of the molecule is CC(=Cc1ccccc1)/C=C1\SC(=S)N(c2ccc(Cl)c(Cl)c2)C1=O. The van der Waals surface area contributed by atoms with Crippen molar-refractivity contribution in [2.24, 2.45) is 0 Å². The number of benzene rings is 2. The van der Waals surface area contributed by atoms with E-state index in [0.29, 0.717) is 25.0 Å². The van der Waals surface area contributed by atoms with E-state index >= 15 is 0 Å². The molecule has 0 radical (unpaired) electrons. The number of thiocarbonyl (C=S) groups is 1. The van der Waals surface area contributed by atoms with Crippen LogP contribution in [0.2, 0.25) is 10.0 Å². The lowest BCUT2D eigenvalue weighted by Crippen LogP contribution is -2.27. The molecule has 1 aliphatic heterocycles. The molecule has 0 bridgehead atoms. The third kappa shape index (κ3) is 4.15. The summed E-state index contributed by atoms with van der Waals surface area (Å²) in [4.78, 5) is 14.8. The third-order valence-corrected chi connectivity index (χ3v) is 5.55. The number of hydrogen-bond acceptors (Lipinski definition) is 3. The van der Waals surface area contributed by atoms with Crippen molar-refractivity contribution in [1.82, 2.24) is 0 Å². The molecule has 1 heterocycles. The monoisotopic (exact) mass is 405 g/mol. The van der Waals surface area contributed by atoms with Gasteiger partial charge in [-0.05, 0) is 42.3 Å². The molecule has 25 heavy (non-hydrogen) atoms. The second kappa shape index (κ2) is 7.75. The fraction of sp³-hybridized carbons (Fsp3) is 0.0526. The van der Waals surface area contributed by atoms with Crippen LogP contribution in [0.25, 0.3) is 6.08 Å². The maximum absolute atomic E-state index is 12.7. The fourth-order valence-corrected chi connectivity index (χ4v) is 4.02. The van der Waals surface area contributed by atoms with Crippen molar-refractivity contribution in [3.8, 4) is 0 Å². The van der Waals surface area contributed by atoms with E-state index in [9.17, 15) is 4.79 Å². The Morgan fingerprint density at radius 1 is 1.12 bits per heavy atom. The highest BCUT2D eigenvalue weighted by Crippen LogP contribution is 2.37. The molecule has 0 aromatic heterocycles. The highest BCUT2D eigenvalue weighted by atomic mass is 35.5. The number of carbonyl (C=O) groups is 1. The van der Waals surface area contributed by atoms with Gasteiger partial charge in [0.05, 0.1) is 20.6 Å². The normalized spacial score (nSPS) is 16.8. The number of allylic oxidation sites excluding steroid dienone is 2. The third-order valence-electron chi connectivity index (χ3n) is 3.51. The first-order chi connectivity index (χ1) is 12.0. The largest absolute Gasteiger partial charge is 0.270 e. The zero-order chi connectivity index (χ0) is 18.0. The summed E-state index contributed by atoms with van der Waals surface area (Å²) >= 11 is 18.6. The Kier molecular flexibility index (Phi) is 5.64. The highest BCUT2D eigenvalue weighted by Gasteiger charge is 2.33. The summed E-state index contributed by atoms with van der Waals surface area (Å²) in [5.41, 5.74) is 2.67. The van der Waals surface area contributed by atoms with Crippen LogP contribution < -0.4 is 4.90 Å². The Morgan fingerprint density at radius 3 is 2.52 bits per heavy atom. The van der Waals surface area contributed by atoms with E-state index < -0.39 is 0 Å². The van der Waals surface area contributed by atoms with Gasteiger partial charge in [0.15, 0.2) is 4.32 Å². The Labute approximate surface area is 166 Å². The molecule has 126 valence electrons. The van der Waals surface area contributed by atoms with Crippen LogP contribution in [-0.2, 0) is 4.79 Å². The van der Waals surface area contributed by atoms with Gasteiger partial charge in [0.2, 0.25) is 0 Å². The Hall–Kier alpha value is -1.59. The highest BCUT2D eigenvalue weighted by molar-refractivity contribution is 8.27. The van der Waals surface area contributed by atoms with Gasteiger partial charge in [-0.2, -0.15) is 0 Å². The molecular formula is C19H13Cl2NOS2. The van der Waals surface area contributed by atoms with Crippen LogP contribution in [0, 0.1) is 0 Å². The Bertz CT molecular complexity index is 907. The number of anilines is 1. The molecule has 2 aromatic carbocycles. The van der Waals surface area contributed by atoms with Crippen molar-refractivity contribution in [3.63, 3.8) is 0 Å². The van der Waals surface area contributed by atoms with E-state index in [-0.39, 0.29) is 5.91 Å². The minimum atomic E-state index is -0.158. The van der Waals surface area contributed by atoms with Crippen LogP contribution in [0.3, 0.4) is 0 Å². The molecule has 0 unspecified atom stereocenters. The second-order valence-corrected chi connectivity index (χ2v) is 7.90. The van der Waals surface area contributed by atoms with Crippen molar-refractivity contribution < 1.29 is 4.79 Å². The second-order valence-electron chi connectivity index (χ2n) is 5.41. The van der Waals surface area contributed by atoms with Gasteiger partial charge in [-0.25, -0.2) is 0 Å². The van der Waals surface area contributed by atoms with Gasteiger partial charge in [0.25, 0.3) is 5.91 Å². The summed E-state index contributed by atoms with van der Waals surface area (Å²) < 4.78 is 0.474. The first-order valence-corrected chi connectivity index (χ1v) is 9.40. The maximum atomic E-state index is 12.7. The topological polar surface area (TPSA) is 20.3 Å². The number of amides is 1. The van der Waals surface area contributed by atoms with E-state index in [1.54, 1.807) is 18.2 Å². The van der Waals surface area contributed by atoms with Gasteiger partial charge in [-0.3, -0.25) is 9.69 Å². The standard InChI is InChI=1S/C19H13Cl2NOS2/c1-12(9-13-5-3-2-4-6-13)10-17-18(23)22(19(24)25-17)14-7-8-15(20)16(21)11-14/h2-11H,1H3/b12-9?,17-10-. The summed E-state index contributed by atoms with van der Waals surface area (Å²) in [5, 5.41) is 0.824. The van der Waals surface area contributed by atoms with Gasteiger partial charge >= 0.3 is 0 Å². The number of thioether (sulfide) groups is 1. The lowest BCUT2D eigenvalue weighted by Gasteiger charge is -2.15. The number of rotatable bonds is 3. The molecule has 0 saturated carbocycles. The lowest BCUT2D eigenvalue weighted by atomic mass is 10.1. The number of nitrogens with zero attached hydrogens (tertiary/aromatic N) is 1. The predicted octanol–water partition coefficient (Wildman–Crippen LogP) is 6.35. The molecule has 6 heteroatoms. The number of carbonyl (C=O) groups excluding carboxylic acids is 1. The maximum Gasteiger partial charge on any atom is 0.270 e. The summed E-state index contributed by atoms with van der Waals surface area (Å²) in [6.45, 7) is 1.96. The van der Waals surface area contributed by atoms with E-state index in [4.69, 9.17) is 35.4 Å². The zero-order valence-corrected chi connectivity index (χ0v) is 16.3. The predicted molar refractivity (Wildman–Crippen MR) is 112 cm³/mol. The van der Waals surface area contributed by atoms with Crippen molar-refractivity contribution in [3.05, 3.63) is 80.7 Å². The van der Waals surface area contributed by atoms with E-state index in [1.165, 1.54) is 16.7 Å². The first kappa shape index (κ1) is 18.2. The van der Waals surface area contributed by atoms with Crippen molar-refractivity contribution >= 4 is 69.2 Å². The molecule has 0 spiro atoms. The number of halogens is 2. The average Bonchev–Trinajstić information content (AvgIpc) is 2.85. The minimum absolute atomic E-state index is 0.158. The van der Waals surface area contributed by atoms with E-state index in [1.807, 2.05) is 49.4 Å². The molecule has 1 aliphatic rings. The van der Waals surface area contributed by atoms with Crippen LogP contribution in [0.4, 0.5) is 5.69 Å². The van der Waals surface area contributed by atoms with Crippen molar-refractivity contribution in [1.29, 1.82) is 0 Å². The van der Waals surface area contributed by atoms with Gasteiger partial charge in [0.1, 0.15) is 0 Å². The molecular weight excluding hydrogens is 393 g/mol. The van der Waals surface area contributed by atoms with Crippen LogP contribution in [-0.4, -0.2) is 10.2 Å². The molecule has 0 N–H and O–H groups in total. The van der Waals surface area contributed by atoms with Crippen molar-refractivity contribution in [2.75, 3.05) is 4.90 Å². The minimum Gasteiger partial charge on any atom is -0.268 e.